The molecule has 9 heteroatoms. The van der Waals surface area contributed by atoms with Crippen molar-refractivity contribution in [1.29, 1.82) is 5.26 Å². The highest BCUT2D eigenvalue weighted by Crippen LogP contribution is 2.23. The van der Waals surface area contributed by atoms with Crippen LogP contribution in [0.5, 0.6) is 5.75 Å². The Hall–Kier alpha value is -4.06. The number of hydrogen-bond donors (Lipinski definition) is 2. The van der Waals surface area contributed by atoms with Gasteiger partial charge in [-0.25, -0.2) is 18.7 Å². The van der Waals surface area contributed by atoms with Gasteiger partial charge in [-0.3, -0.25) is 4.79 Å². The van der Waals surface area contributed by atoms with E-state index in [9.17, 15) is 13.6 Å². The summed E-state index contributed by atoms with van der Waals surface area (Å²) < 4.78 is 33.1. The van der Waals surface area contributed by atoms with Crippen molar-refractivity contribution in [2.24, 2.45) is 0 Å². The molecule has 1 heterocycles. The van der Waals surface area contributed by atoms with Gasteiger partial charge in [0.1, 0.15) is 29.0 Å². The molecule has 0 amide bonds. The van der Waals surface area contributed by atoms with Gasteiger partial charge in [0.05, 0.1) is 24.3 Å². The average Bonchev–Trinajstić information content (AvgIpc) is 2.67. The molecule has 0 spiro atoms. The number of ether oxygens (including phenoxy) is 1. The smallest absolute Gasteiger partial charge is 0.236 e. The summed E-state index contributed by atoms with van der Waals surface area (Å²) in [5, 5.41) is 11.7. The van der Waals surface area contributed by atoms with Crippen LogP contribution in [0.1, 0.15) is 21.7 Å². The van der Waals surface area contributed by atoms with Crippen LogP contribution in [-0.2, 0) is 0 Å². The van der Waals surface area contributed by atoms with E-state index in [4.69, 9.17) is 15.7 Å². The van der Waals surface area contributed by atoms with Crippen LogP contribution in [0.3, 0.4) is 0 Å². The zero-order valence-corrected chi connectivity index (χ0v) is 14.5. The molecule has 140 valence electrons. The van der Waals surface area contributed by atoms with Gasteiger partial charge >= 0.3 is 0 Å². The highest BCUT2D eigenvalue weighted by molar-refractivity contribution is 6.07. The number of ketones is 1. The van der Waals surface area contributed by atoms with E-state index in [1.54, 1.807) is 24.3 Å². The third-order valence-corrected chi connectivity index (χ3v) is 3.71. The second kappa shape index (κ2) is 7.67. The Balaban J connectivity index is 1.95. The number of nitrogens with zero attached hydrogens (tertiary/aromatic N) is 3. The standard InChI is InChI=1S/C19H13F2N5O2/c1-28-12-6-13(20)17(14(21)7-12)18(27)19-25-15(23)8-16(26-19)24-11-4-2-10(9-22)3-5-11/h2-8H,1H3,(H3,23,24,25,26). The first-order chi connectivity index (χ1) is 13.4. The Bertz CT molecular complexity index is 1070. The van der Waals surface area contributed by atoms with Crippen molar-refractivity contribution in [2.75, 3.05) is 18.2 Å². The summed E-state index contributed by atoms with van der Waals surface area (Å²) in [6, 6.07) is 11.5. The summed E-state index contributed by atoms with van der Waals surface area (Å²) in [5.41, 5.74) is 5.93. The van der Waals surface area contributed by atoms with E-state index < -0.39 is 28.8 Å². The van der Waals surface area contributed by atoms with Crippen molar-refractivity contribution in [3.8, 4) is 11.8 Å². The Morgan fingerprint density at radius 3 is 2.36 bits per heavy atom. The summed E-state index contributed by atoms with van der Waals surface area (Å²) in [7, 11) is 1.25. The van der Waals surface area contributed by atoms with Crippen molar-refractivity contribution < 1.29 is 18.3 Å². The predicted octanol–water partition coefficient (Wildman–Crippen LogP) is 3.19. The number of carbonyl (C=O) groups is 1. The van der Waals surface area contributed by atoms with E-state index in [1.807, 2.05) is 6.07 Å². The summed E-state index contributed by atoms with van der Waals surface area (Å²) in [6.07, 6.45) is 0. The largest absolute Gasteiger partial charge is 0.497 e. The Morgan fingerprint density at radius 1 is 1.14 bits per heavy atom. The van der Waals surface area contributed by atoms with Gasteiger partial charge in [0.15, 0.2) is 0 Å². The maximum atomic E-state index is 14.2. The van der Waals surface area contributed by atoms with E-state index in [0.29, 0.717) is 11.3 Å². The molecule has 2 aromatic carbocycles. The van der Waals surface area contributed by atoms with Crippen molar-refractivity contribution >= 4 is 23.1 Å². The molecule has 0 saturated carbocycles. The van der Waals surface area contributed by atoms with Gasteiger partial charge in [-0.1, -0.05) is 0 Å². The van der Waals surface area contributed by atoms with Gasteiger partial charge in [0.2, 0.25) is 11.6 Å². The molecule has 0 aliphatic heterocycles. The van der Waals surface area contributed by atoms with Gasteiger partial charge in [-0.05, 0) is 24.3 Å². The molecule has 0 aliphatic rings. The lowest BCUT2D eigenvalue weighted by Gasteiger charge is -2.09. The number of nitriles is 1. The molecule has 1 aromatic heterocycles. The van der Waals surface area contributed by atoms with Crippen molar-refractivity contribution in [3.05, 3.63) is 71.1 Å². The summed E-state index contributed by atoms with van der Waals surface area (Å²) in [6.45, 7) is 0. The van der Waals surface area contributed by atoms with E-state index in [-0.39, 0.29) is 17.4 Å². The summed E-state index contributed by atoms with van der Waals surface area (Å²) >= 11 is 0. The van der Waals surface area contributed by atoms with Crippen LogP contribution < -0.4 is 15.8 Å². The van der Waals surface area contributed by atoms with Crippen LogP contribution in [0, 0.1) is 23.0 Å². The van der Waals surface area contributed by atoms with Gasteiger partial charge in [-0.2, -0.15) is 5.26 Å². The van der Waals surface area contributed by atoms with Crippen molar-refractivity contribution in [3.63, 3.8) is 0 Å². The van der Waals surface area contributed by atoms with Crippen LogP contribution in [0.4, 0.5) is 26.1 Å². The summed E-state index contributed by atoms with van der Waals surface area (Å²) in [4.78, 5) is 20.3. The number of aromatic nitrogens is 2. The lowest BCUT2D eigenvalue weighted by atomic mass is 10.1. The van der Waals surface area contributed by atoms with Crippen LogP contribution in [0.25, 0.3) is 0 Å². The van der Waals surface area contributed by atoms with Gasteiger partial charge in [0.25, 0.3) is 0 Å². The first kappa shape index (κ1) is 18.7. The molecular weight excluding hydrogens is 368 g/mol. The van der Waals surface area contributed by atoms with Crippen LogP contribution in [-0.4, -0.2) is 22.9 Å². The maximum absolute atomic E-state index is 14.2. The van der Waals surface area contributed by atoms with Gasteiger partial charge in [-0.15, -0.1) is 0 Å². The lowest BCUT2D eigenvalue weighted by Crippen LogP contribution is -2.14. The number of halogens is 2. The minimum atomic E-state index is -1.10. The first-order valence-corrected chi connectivity index (χ1v) is 7.90. The Kier molecular flexibility index (Phi) is 5.13. The molecule has 3 N–H and O–H groups in total. The maximum Gasteiger partial charge on any atom is 0.236 e. The molecule has 28 heavy (non-hydrogen) atoms. The van der Waals surface area contributed by atoms with Crippen LogP contribution >= 0.6 is 0 Å². The van der Waals surface area contributed by atoms with Gasteiger partial charge in [0, 0.05) is 23.9 Å². The van der Waals surface area contributed by atoms with E-state index in [0.717, 1.165) is 12.1 Å². The zero-order chi connectivity index (χ0) is 20.3. The normalized spacial score (nSPS) is 10.2. The van der Waals surface area contributed by atoms with Gasteiger partial charge < -0.3 is 15.8 Å². The lowest BCUT2D eigenvalue weighted by molar-refractivity contribution is 0.102. The highest BCUT2D eigenvalue weighted by Gasteiger charge is 2.23. The van der Waals surface area contributed by atoms with Crippen LogP contribution in [0.2, 0.25) is 0 Å². The molecule has 0 radical (unpaired) electrons. The summed E-state index contributed by atoms with van der Waals surface area (Å²) in [5.74, 6) is -3.72. The number of hydrogen-bond acceptors (Lipinski definition) is 7. The van der Waals surface area contributed by atoms with E-state index in [1.165, 1.54) is 13.2 Å². The fourth-order valence-electron chi connectivity index (χ4n) is 2.40. The fourth-order valence-corrected chi connectivity index (χ4v) is 2.40. The SMILES string of the molecule is COc1cc(F)c(C(=O)c2nc(N)cc(Nc3ccc(C#N)cc3)n2)c(F)c1. The predicted molar refractivity (Wildman–Crippen MR) is 97.2 cm³/mol. The number of nitrogens with one attached hydrogen (secondary N) is 1. The zero-order valence-electron chi connectivity index (χ0n) is 14.5. The molecule has 7 nitrogen and oxygen atoms in total. The van der Waals surface area contributed by atoms with Crippen molar-refractivity contribution in [1.82, 2.24) is 9.97 Å². The molecule has 0 aliphatic carbocycles. The fraction of sp³-hybridized carbons (Fsp3) is 0.0526. The second-order valence-electron chi connectivity index (χ2n) is 5.61. The Morgan fingerprint density at radius 2 is 1.79 bits per heavy atom. The highest BCUT2D eigenvalue weighted by atomic mass is 19.1. The topological polar surface area (TPSA) is 114 Å². The minimum Gasteiger partial charge on any atom is -0.497 e. The number of rotatable bonds is 5. The third-order valence-electron chi connectivity index (χ3n) is 3.71. The number of nitrogens with two attached hydrogens (primary N) is 1. The first-order valence-electron chi connectivity index (χ1n) is 7.90. The number of nitrogen functional groups attached to an aromatic ring is 1. The number of anilines is 3. The van der Waals surface area contributed by atoms with Crippen molar-refractivity contribution in [2.45, 2.75) is 0 Å². The molecule has 0 atom stereocenters. The number of methoxy groups -OCH3 is 1. The molecule has 0 fully saturated rings. The monoisotopic (exact) mass is 381 g/mol. The second-order valence-corrected chi connectivity index (χ2v) is 5.61. The number of carbonyl (C=O) groups excluding carboxylic acids is 1. The average molecular weight is 381 g/mol. The molecule has 3 aromatic rings. The molecule has 0 saturated heterocycles. The van der Waals surface area contributed by atoms with Crippen LogP contribution in [0.15, 0.2) is 42.5 Å². The van der Waals surface area contributed by atoms with E-state index >= 15 is 0 Å². The quantitative estimate of drug-likeness (QED) is 0.652. The molecule has 3 rings (SSSR count). The molecule has 0 unspecified atom stereocenters. The number of benzene rings is 2. The molecule has 0 bridgehead atoms. The third kappa shape index (κ3) is 3.86. The Labute approximate surface area is 158 Å². The molecular formula is C19H13F2N5O2. The minimum absolute atomic E-state index is 0.0659. The van der Waals surface area contributed by atoms with E-state index in [2.05, 4.69) is 15.3 Å².